The third kappa shape index (κ3) is 6.16. The number of nitrogens with one attached hydrogen (secondary N) is 2. The minimum atomic E-state index is -3.21. The summed E-state index contributed by atoms with van der Waals surface area (Å²) in [6.07, 6.45) is 0. The summed E-state index contributed by atoms with van der Waals surface area (Å²) in [7, 11) is -3.21. The molecule has 0 amide bonds. The second kappa shape index (κ2) is 8.12. The number of sulfonamides is 1. The summed E-state index contributed by atoms with van der Waals surface area (Å²) in [5.74, 6) is 1.35. The molecule has 1 unspecified atom stereocenters. The minimum absolute atomic E-state index is 0.381. The summed E-state index contributed by atoms with van der Waals surface area (Å²) in [6.45, 7) is 14.1. The van der Waals surface area contributed by atoms with Crippen molar-refractivity contribution in [1.29, 1.82) is 0 Å². The molecule has 0 aromatic heterocycles. The maximum atomic E-state index is 12.0. The van der Waals surface area contributed by atoms with Gasteiger partial charge in [-0.05, 0) is 31.2 Å². The molecule has 5 heteroatoms. The average molecular weight is 278 g/mol. The van der Waals surface area contributed by atoms with Crippen molar-refractivity contribution >= 4 is 10.0 Å². The van der Waals surface area contributed by atoms with Crippen molar-refractivity contribution in [3.63, 3.8) is 0 Å². The highest BCUT2D eigenvalue weighted by atomic mass is 32.2. The van der Waals surface area contributed by atoms with E-state index in [1.54, 1.807) is 6.92 Å². The standard InChI is InChI=1S/C13H30N2O2S/c1-7-14-8-12(6)18(16,17)15-9-13(10(2)3)11(4)5/h10-15H,7-9H2,1-6H3. The fraction of sp³-hybridized carbons (Fsp3) is 1.00. The van der Waals surface area contributed by atoms with Crippen LogP contribution in [0.2, 0.25) is 0 Å². The van der Waals surface area contributed by atoms with Gasteiger partial charge in [-0.25, -0.2) is 13.1 Å². The van der Waals surface area contributed by atoms with Crippen LogP contribution in [0.4, 0.5) is 0 Å². The van der Waals surface area contributed by atoms with E-state index in [9.17, 15) is 8.42 Å². The molecule has 0 aliphatic carbocycles. The molecule has 0 rings (SSSR count). The van der Waals surface area contributed by atoms with E-state index in [4.69, 9.17) is 0 Å². The molecule has 0 fully saturated rings. The van der Waals surface area contributed by atoms with E-state index < -0.39 is 15.3 Å². The molecule has 0 aliphatic heterocycles. The predicted octanol–water partition coefficient (Wildman–Crippen LogP) is 1.83. The van der Waals surface area contributed by atoms with Gasteiger partial charge in [0.15, 0.2) is 0 Å². The molecule has 0 radical (unpaired) electrons. The first kappa shape index (κ1) is 17.9. The van der Waals surface area contributed by atoms with Crippen LogP contribution in [0.25, 0.3) is 0 Å². The first-order chi connectivity index (χ1) is 8.22. The van der Waals surface area contributed by atoms with Crippen LogP contribution in [0.3, 0.4) is 0 Å². The van der Waals surface area contributed by atoms with Gasteiger partial charge in [0.2, 0.25) is 10.0 Å². The van der Waals surface area contributed by atoms with Gasteiger partial charge >= 0.3 is 0 Å². The van der Waals surface area contributed by atoms with Gasteiger partial charge in [-0.2, -0.15) is 0 Å². The Bertz CT molecular complexity index is 305. The molecule has 0 saturated carbocycles. The predicted molar refractivity (Wildman–Crippen MR) is 78.1 cm³/mol. The van der Waals surface area contributed by atoms with Crippen LogP contribution >= 0.6 is 0 Å². The van der Waals surface area contributed by atoms with E-state index in [1.807, 2.05) is 6.92 Å². The fourth-order valence-electron chi connectivity index (χ4n) is 2.05. The topological polar surface area (TPSA) is 58.2 Å². The Morgan fingerprint density at radius 1 is 0.944 bits per heavy atom. The van der Waals surface area contributed by atoms with Crippen molar-refractivity contribution in [3.8, 4) is 0 Å². The number of hydrogen-bond donors (Lipinski definition) is 2. The highest BCUT2D eigenvalue weighted by molar-refractivity contribution is 7.90. The molecule has 0 saturated heterocycles. The van der Waals surface area contributed by atoms with Gasteiger partial charge < -0.3 is 5.32 Å². The highest BCUT2D eigenvalue weighted by Crippen LogP contribution is 2.19. The summed E-state index contributed by atoms with van der Waals surface area (Å²) in [5, 5.41) is 2.68. The quantitative estimate of drug-likeness (QED) is 0.676. The van der Waals surface area contributed by atoms with Gasteiger partial charge in [0, 0.05) is 13.1 Å². The van der Waals surface area contributed by atoms with Crippen molar-refractivity contribution in [2.24, 2.45) is 17.8 Å². The molecule has 4 nitrogen and oxygen atoms in total. The molecule has 0 bridgehead atoms. The third-order valence-corrected chi connectivity index (χ3v) is 5.24. The Labute approximate surface area is 113 Å². The largest absolute Gasteiger partial charge is 0.316 e. The molecule has 0 spiro atoms. The van der Waals surface area contributed by atoms with Crippen LogP contribution < -0.4 is 10.0 Å². The van der Waals surface area contributed by atoms with Crippen LogP contribution in [0.5, 0.6) is 0 Å². The number of rotatable bonds is 9. The summed E-state index contributed by atoms with van der Waals surface area (Å²) in [4.78, 5) is 0. The van der Waals surface area contributed by atoms with Gasteiger partial charge in [-0.15, -0.1) is 0 Å². The summed E-state index contributed by atoms with van der Waals surface area (Å²) in [5.41, 5.74) is 0. The van der Waals surface area contributed by atoms with Crippen molar-refractivity contribution in [1.82, 2.24) is 10.0 Å². The molecule has 110 valence electrons. The molecular formula is C13H30N2O2S. The van der Waals surface area contributed by atoms with Crippen molar-refractivity contribution in [2.75, 3.05) is 19.6 Å². The second-order valence-corrected chi connectivity index (χ2v) is 7.85. The zero-order valence-corrected chi connectivity index (χ0v) is 13.5. The zero-order chi connectivity index (χ0) is 14.3. The smallest absolute Gasteiger partial charge is 0.215 e. The first-order valence-electron chi connectivity index (χ1n) is 6.91. The van der Waals surface area contributed by atoms with Crippen LogP contribution in [0.1, 0.15) is 41.5 Å². The van der Waals surface area contributed by atoms with E-state index in [1.165, 1.54) is 0 Å². The van der Waals surface area contributed by atoms with Gasteiger partial charge in [0.1, 0.15) is 0 Å². The fourth-order valence-corrected chi connectivity index (χ4v) is 3.10. The molecular weight excluding hydrogens is 248 g/mol. The molecule has 0 aromatic carbocycles. The molecule has 0 aliphatic rings. The van der Waals surface area contributed by atoms with E-state index in [2.05, 4.69) is 37.7 Å². The lowest BCUT2D eigenvalue weighted by atomic mass is 9.86. The normalized spacial score (nSPS) is 14.7. The monoisotopic (exact) mass is 278 g/mol. The van der Waals surface area contributed by atoms with E-state index >= 15 is 0 Å². The van der Waals surface area contributed by atoms with Gasteiger partial charge in [0.25, 0.3) is 0 Å². The Morgan fingerprint density at radius 3 is 1.83 bits per heavy atom. The molecule has 0 heterocycles. The summed E-state index contributed by atoms with van der Waals surface area (Å²) < 4.78 is 26.8. The second-order valence-electron chi connectivity index (χ2n) is 5.66. The lowest BCUT2D eigenvalue weighted by Crippen LogP contribution is -2.42. The summed E-state index contributed by atoms with van der Waals surface area (Å²) >= 11 is 0. The van der Waals surface area contributed by atoms with Crippen molar-refractivity contribution in [3.05, 3.63) is 0 Å². The Kier molecular flexibility index (Phi) is 8.06. The van der Waals surface area contributed by atoms with E-state index in [0.717, 1.165) is 6.54 Å². The maximum Gasteiger partial charge on any atom is 0.215 e. The Balaban J connectivity index is 4.40. The van der Waals surface area contributed by atoms with Gasteiger partial charge in [-0.3, -0.25) is 0 Å². The van der Waals surface area contributed by atoms with E-state index in [-0.39, 0.29) is 0 Å². The maximum absolute atomic E-state index is 12.0. The zero-order valence-electron chi connectivity index (χ0n) is 12.7. The van der Waals surface area contributed by atoms with E-state index in [0.29, 0.717) is 30.8 Å². The van der Waals surface area contributed by atoms with Crippen LogP contribution in [-0.2, 0) is 10.0 Å². The van der Waals surface area contributed by atoms with Crippen molar-refractivity contribution in [2.45, 2.75) is 46.8 Å². The molecule has 1 atom stereocenters. The average Bonchev–Trinajstić information content (AvgIpc) is 2.24. The van der Waals surface area contributed by atoms with Crippen LogP contribution in [0.15, 0.2) is 0 Å². The lowest BCUT2D eigenvalue weighted by Gasteiger charge is -2.26. The number of hydrogen-bond acceptors (Lipinski definition) is 3. The summed E-state index contributed by atoms with van der Waals surface area (Å²) in [6, 6.07) is 0. The highest BCUT2D eigenvalue weighted by Gasteiger charge is 2.24. The SMILES string of the molecule is CCNCC(C)S(=O)(=O)NCC(C(C)C)C(C)C. The van der Waals surface area contributed by atoms with Crippen LogP contribution in [0, 0.1) is 17.8 Å². The third-order valence-electron chi connectivity index (χ3n) is 3.44. The lowest BCUT2D eigenvalue weighted by molar-refractivity contribution is 0.289. The molecule has 0 aromatic rings. The minimum Gasteiger partial charge on any atom is -0.316 e. The molecule has 18 heavy (non-hydrogen) atoms. The van der Waals surface area contributed by atoms with Gasteiger partial charge in [-0.1, -0.05) is 34.6 Å². The Morgan fingerprint density at radius 2 is 1.44 bits per heavy atom. The van der Waals surface area contributed by atoms with Crippen LogP contribution in [-0.4, -0.2) is 33.3 Å². The first-order valence-corrected chi connectivity index (χ1v) is 8.46. The van der Waals surface area contributed by atoms with Crippen molar-refractivity contribution < 1.29 is 8.42 Å². The van der Waals surface area contributed by atoms with Gasteiger partial charge in [0.05, 0.1) is 5.25 Å². The Hall–Kier alpha value is -0.130. The molecule has 2 N–H and O–H groups in total.